The quantitative estimate of drug-likeness (QED) is 0.0481. The molecule has 288 valence electrons. The zero-order chi connectivity index (χ0) is 40.9. The Balaban J connectivity index is 0.00000310. The van der Waals surface area contributed by atoms with Crippen LogP contribution in [0.4, 0.5) is 40.3 Å². The topological polar surface area (TPSA) is 362 Å². The van der Waals surface area contributed by atoms with Gasteiger partial charge in [0, 0.05) is 23.0 Å². The summed E-state index contributed by atoms with van der Waals surface area (Å²) in [5, 5.41) is 31.0. The molecule has 59 heavy (non-hydrogen) atoms. The average molecular weight is 962 g/mol. The van der Waals surface area contributed by atoms with Crippen LogP contribution in [-0.4, -0.2) is 75.2 Å². The van der Waals surface area contributed by atoms with E-state index >= 15 is 0 Å². The number of aromatic nitrogens is 3. The molecule has 4 aromatic carbocycles. The van der Waals surface area contributed by atoms with Crippen molar-refractivity contribution in [2.75, 3.05) is 16.1 Å². The second kappa shape index (κ2) is 20.2. The minimum absolute atomic E-state index is 0. The van der Waals surface area contributed by atoms with Crippen LogP contribution >= 0.6 is 11.6 Å². The number of hydrogen-bond acceptors (Lipinski definition) is 21. The van der Waals surface area contributed by atoms with Gasteiger partial charge in [-0.3, -0.25) is 30.4 Å². The van der Waals surface area contributed by atoms with Crippen LogP contribution in [0.25, 0.3) is 16.8 Å². The second-order valence-electron chi connectivity index (χ2n) is 11.1. The van der Waals surface area contributed by atoms with Crippen molar-refractivity contribution in [2.45, 2.75) is 9.79 Å². The number of nitrogens with zero attached hydrogens (tertiary/aromatic N) is 6. The number of hydrazone groups is 1. The number of allylic oxidation sites excluding steroid dienone is 1. The van der Waals surface area contributed by atoms with Crippen molar-refractivity contribution in [3.8, 4) is 0 Å². The summed E-state index contributed by atoms with van der Waals surface area (Å²) in [5.74, 6) is -1.64. The van der Waals surface area contributed by atoms with Crippen LogP contribution < -0.4 is 170 Å². The molecule has 3 N–H and O–H groups in total. The zero-order valence-corrected chi connectivity index (χ0v) is 42.5. The number of fused-ring (bicyclic) bond motifs is 2. The molecule has 0 saturated carbocycles. The van der Waals surface area contributed by atoms with Crippen molar-refractivity contribution in [1.29, 1.82) is 0 Å². The van der Waals surface area contributed by atoms with Gasteiger partial charge in [-0.15, -0.1) is 0 Å². The summed E-state index contributed by atoms with van der Waals surface area (Å²) in [6, 6.07) is 11.1. The van der Waals surface area contributed by atoms with Crippen molar-refractivity contribution in [1.82, 2.24) is 15.0 Å². The monoisotopic (exact) mass is 961 g/mol. The first-order chi connectivity index (χ1) is 26.1. The van der Waals surface area contributed by atoms with Crippen LogP contribution in [0.3, 0.4) is 0 Å². The van der Waals surface area contributed by atoms with E-state index in [4.69, 9.17) is 11.6 Å². The van der Waals surface area contributed by atoms with E-state index < -0.39 is 88.7 Å². The van der Waals surface area contributed by atoms with E-state index in [2.05, 4.69) is 36.1 Å². The number of carbonyl (C=O) groups excluding carboxylic acids is 1. The fourth-order valence-corrected chi connectivity index (χ4v) is 7.30. The molecule has 6 rings (SSSR count). The average Bonchev–Trinajstić information content (AvgIpc) is 3.09. The molecule has 1 heterocycles. The Morgan fingerprint density at radius 2 is 1.31 bits per heavy atom. The predicted octanol–water partition coefficient (Wildman–Crippen LogP) is -5.65. The Morgan fingerprint density at radius 3 is 1.86 bits per heavy atom. The number of benzene rings is 4. The molecule has 0 bridgehead atoms. The third-order valence-corrected chi connectivity index (χ3v) is 10.3. The third kappa shape index (κ3) is 12.3. The molecule has 1 aliphatic carbocycles. The van der Waals surface area contributed by atoms with E-state index in [-0.39, 0.29) is 199 Å². The molecule has 0 fully saturated rings. The van der Waals surface area contributed by atoms with E-state index in [1.165, 1.54) is 30.3 Å². The summed E-state index contributed by atoms with van der Waals surface area (Å²) in [5.41, 5.74) is -0.945. The van der Waals surface area contributed by atoms with Gasteiger partial charge in [0.1, 0.15) is 41.8 Å². The number of anilines is 5. The molecule has 0 atom stereocenters. The van der Waals surface area contributed by atoms with Crippen LogP contribution in [0, 0.1) is 20.2 Å². The fourth-order valence-electron chi connectivity index (χ4n) is 5.15. The summed E-state index contributed by atoms with van der Waals surface area (Å²) in [4.78, 5) is 43.3. The van der Waals surface area contributed by atoms with Crippen LogP contribution in [0.1, 0.15) is 15.9 Å². The van der Waals surface area contributed by atoms with Crippen LogP contribution in [0.5, 0.6) is 0 Å². The van der Waals surface area contributed by atoms with Gasteiger partial charge < -0.3 is 24.3 Å². The van der Waals surface area contributed by atoms with Gasteiger partial charge >= 0.3 is 160 Å². The maximum Gasteiger partial charge on any atom is 1.00 e. The zero-order valence-electron chi connectivity index (χ0n) is 29.9. The van der Waals surface area contributed by atoms with Gasteiger partial charge in [0.15, 0.2) is 0 Å². The van der Waals surface area contributed by atoms with Crippen molar-refractivity contribution in [2.24, 2.45) is 5.10 Å². The molecule has 5 aromatic rings. The number of rotatable bonds is 11. The van der Waals surface area contributed by atoms with Gasteiger partial charge in [-0.05, 0) is 76.5 Å². The minimum atomic E-state index is -5.37. The van der Waals surface area contributed by atoms with Crippen LogP contribution in [0.15, 0.2) is 86.5 Å². The minimum Gasteiger partial charge on any atom is -0.744 e. The van der Waals surface area contributed by atoms with Gasteiger partial charge in [0.05, 0.1) is 30.6 Å². The first-order valence-corrected chi connectivity index (χ1v) is 19.3. The number of halogens is 1. The van der Waals surface area contributed by atoms with E-state index in [9.17, 15) is 63.9 Å². The first kappa shape index (κ1) is 51.7. The first-order valence-electron chi connectivity index (χ1n) is 14.7. The molecule has 0 saturated heterocycles. The largest absolute Gasteiger partial charge is 1.00 e. The summed E-state index contributed by atoms with van der Waals surface area (Å²) in [7, 11) is -15.8. The van der Waals surface area contributed by atoms with E-state index in [1.807, 2.05) is 0 Å². The van der Waals surface area contributed by atoms with Gasteiger partial charge in [-0.1, -0.05) is 12.1 Å². The number of ketones is 1. The standard InChI is InChI=1S/C29H18ClN9O14S3.3K/c30-27-33-28(31-15-3-5-19-14(7-15)8-18(54(45,46)47)12-23(19)55(48,49)50)35-29(34-27)32-16-2-1-13-9-24(56(51,52)53)25(26(40)20(13)10-16)37-36-21-6-4-17(38(41)42)11-22(21)39(43)44;;;/h1-12,36H,(H,45,46,47)(H,48,49,50)(H,51,52,53)(H2,31,32,33,34,35);;;/q;3*+1/p-3/b37-25+;;;. The number of non-ortho nitro benzene ring substituents is 1. The third-order valence-electron chi connectivity index (χ3n) is 7.55. The van der Waals surface area contributed by atoms with Crippen LogP contribution in [0.2, 0.25) is 5.28 Å². The number of nitro benzene ring substituents is 2. The molecule has 0 amide bonds. The van der Waals surface area contributed by atoms with Crippen molar-refractivity contribution in [3.05, 3.63) is 108 Å². The van der Waals surface area contributed by atoms with Crippen LogP contribution in [-0.2, 0) is 30.4 Å². The van der Waals surface area contributed by atoms with Gasteiger partial charge in [-0.25, -0.2) is 25.3 Å². The van der Waals surface area contributed by atoms with E-state index in [1.54, 1.807) is 0 Å². The Morgan fingerprint density at radius 1 is 0.695 bits per heavy atom. The molecule has 0 unspecified atom stereocenters. The van der Waals surface area contributed by atoms with Crippen molar-refractivity contribution in [3.63, 3.8) is 0 Å². The Bertz CT molecular complexity index is 3000. The number of carbonyl (C=O) groups is 1. The Hall–Kier alpha value is -1.64. The molecule has 0 aliphatic heterocycles. The van der Waals surface area contributed by atoms with Gasteiger partial charge in [0.2, 0.25) is 23.0 Å². The molecule has 1 aliphatic rings. The summed E-state index contributed by atoms with van der Waals surface area (Å²) in [6.07, 6.45) is 0.837. The molecule has 0 spiro atoms. The predicted molar refractivity (Wildman–Crippen MR) is 191 cm³/mol. The summed E-state index contributed by atoms with van der Waals surface area (Å²) >= 11 is 6.08. The second-order valence-corrected chi connectivity index (χ2v) is 15.6. The number of hydrogen-bond donors (Lipinski definition) is 3. The molecular weight excluding hydrogens is 947 g/mol. The summed E-state index contributed by atoms with van der Waals surface area (Å²) < 4.78 is 107. The van der Waals surface area contributed by atoms with E-state index in [0.29, 0.717) is 12.1 Å². The number of Topliss-reactive ketones (excluding diaryl/α,β-unsaturated/α-hetero) is 1. The smallest absolute Gasteiger partial charge is 0.744 e. The Labute approximate surface area is 464 Å². The van der Waals surface area contributed by atoms with Crippen molar-refractivity contribution >= 4 is 111 Å². The Kier molecular flexibility index (Phi) is 17.7. The van der Waals surface area contributed by atoms with Gasteiger partial charge in [0.25, 0.3) is 5.69 Å². The maximum atomic E-state index is 13.6. The molecular formula is C29H15ClK3N9O14S3. The van der Waals surface area contributed by atoms with E-state index in [0.717, 1.165) is 30.3 Å². The number of nitrogens with one attached hydrogen (secondary N) is 3. The SMILES string of the molecule is O=C1/C(=N/Nc2ccc([N+](=O)[O-])cc2[N+](=O)[O-])C(S(=O)(=O)[O-])=Cc2ccc(Nc3nc(Cl)nc(Nc4ccc5c(S(=O)(=O)[O-])cc(S(=O)(=O)[O-])cc5c4)n3)cc21.[K+].[K+].[K+]. The maximum absolute atomic E-state index is 13.6. The molecule has 0 radical (unpaired) electrons. The molecule has 23 nitrogen and oxygen atoms in total. The van der Waals surface area contributed by atoms with Crippen molar-refractivity contribution < 1.29 is 208 Å². The van der Waals surface area contributed by atoms with Gasteiger partial charge in [-0.2, -0.15) is 20.1 Å². The molecule has 30 heteroatoms. The normalized spacial score (nSPS) is 13.2. The summed E-state index contributed by atoms with van der Waals surface area (Å²) in [6.45, 7) is 0. The fraction of sp³-hybridized carbons (Fsp3) is 0. The molecule has 1 aromatic heterocycles. The number of nitro groups is 2.